The van der Waals surface area contributed by atoms with Gasteiger partial charge in [0.1, 0.15) is 6.17 Å². The number of benzene rings is 1. The van der Waals surface area contributed by atoms with Crippen LogP contribution >= 0.6 is 0 Å². The molecule has 28 heavy (non-hydrogen) atoms. The van der Waals surface area contributed by atoms with Crippen LogP contribution in [0.5, 0.6) is 0 Å². The Kier molecular flexibility index (Phi) is 4.78. The number of nitrogens with one attached hydrogen (secondary N) is 1. The zero-order valence-corrected chi connectivity index (χ0v) is 15.4. The predicted molar refractivity (Wildman–Crippen MR) is 98.3 cm³/mol. The van der Waals surface area contributed by atoms with Crippen molar-refractivity contribution < 1.29 is 18.4 Å². The molecule has 0 spiro atoms. The summed E-state index contributed by atoms with van der Waals surface area (Å²) in [5.74, 6) is -1.23. The molecule has 2 aliphatic rings. The molecule has 2 aliphatic carbocycles. The molecule has 6 nitrogen and oxygen atoms in total. The summed E-state index contributed by atoms with van der Waals surface area (Å²) < 4.78 is 26.5. The number of carbonyl (C=O) groups is 2. The number of rotatable bonds is 6. The molecule has 0 aliphatic heterocycles. The van der Waals surface area contributed by atoms with E-state index < -0.39 is 17.9 Å². The van der Waals surface area contributed by atoms with Crippen LogP contribution in [-0.4, -0.2) is 46.4 Å². The molecule has 0 bridgehead atoms. The monoisotopic (exact) mass is 386 g/mol. The van der Waals surface area contributed by atoms with Gasteiger partial charge in [-0.15, -0.1) is 0 Å². The van der Waals surface area contributed by atoms with Crippen molar-refractivity contribution in [1.82, 2.24) is 14.9 Å². The average molecular weight is 386 g/mol. The van der Waals surface area contributed by atoms with Crippen molar-refractivity contribution in [3.8, 4) is 0 Å². The first-order valence-corrected chi connectivity index (χ1v) is 9.23. The molecule has 2 amide bonds. The van der Waals surface area contributed by atoms with Gasteiger partial charge in [0, 0.05) is 18.5 Å². The topological polar surface area (TPSA) is 75.2 Å². The summed E-state index contributed by atoms with van der Waals surface area (Å²) in [7, 11) is 1.51. The molecule has 2 atom stereocenters. The quantitative estimate of drug-likeness (QED) is 0.828. The molecule has 1 aromatic heterocycles. The predicted octanol–water partition coefficient (Wildman–Crippen LogP) is 3.03. The highest BCUT2D eigenvalue weighted by Crippen LogP contribution is 2.47. The summed E-state index contributed by atoms with van der Waals surface area (Å²) >= 11 is 0. The van der Waals surface area contributed by atoms with E-state index >= 15 is 0 Å². The maximum atomic E-state index is 13.7. The smallest absolute Gasteiger partial charge is 0.254 e. The van der Waals surface area contributed by atoms with Gasteiger partial charge >= 0.3 is 0 Å². The van der Waals surface area contributed by atoms with Gasteiger partial charge in [-0.1, -0.05) is 12.1 Å². The molecule has 2 unspecified atom stereocenters. The summed E-state index contributed by atoms with van der Waals surface area (Å²) in [6.07, 6.45) is 3.65. The third-order valence-electron chi connectivity index (χ3n) is 5.07. The molecule has 2 fully saturated rings. The van der Waals surface area contributed by atoms with Gasteiger partial charge < -0.3 is 4.90 Å². The van der Waals surface area contributed by atoms with Gasteiger partial charge in [-0.3, -0.25) is 14.9 Å². The first-order chi connectivity index (χ1) is 13.4. The Bertz CT molecular complexity index is 915. The summed E-state index contributed by atoms with van der Waals surface area (Å²) in [5, 5.41) is 2.41. The second kappa shape index (κ2) is 7.26. The molecule has 2 saturated carbocycles. The Labute approximate surface area is 161 Å². The van der Waals surface area contributed by atoms with Crippen molar-refractivity contribution in [2.45, 2.75) is 37.3 Å². The maximum Gasteiger partial charge on any atom is 0.254 e. The first-order valence-electron chi connectivity index (χ1n) is 9.23. The maximum absolute atomic E-state index is 13.7. The van der Waals surface area contributed by atoms with E-state index in [1.54, 1.807) is 6.07 Å². The molecular formula is C20H20F2N4O2. The molecule has 0 saturated heterocycles. The fourth-order valence-electron chi connectivity index (χ4n) is 3.27. The Balaban J connectivity index is 1.45. The Morgan fingerprint density at radius 3 is 2.54 bits per heavy atom. The highest BCUT2D eigenvalue weighted by Gasteiger charge is 2.41. The van der Waals surface area contributed by atoms with Crippen LogP contribution in [0, 0.1) is 5.82 Å². The number of anilines is 1. The lowest BCUT2D eigenvalue weighted by molar-refractivity contribution is -0.116. The van der Waals surface area contributed by atoms with E-state index in [0.717, 1.165) is 36.4 Å². The van der Waals surface area contributed by atoms with Gasteiger partial charge in [0.25, 0.3) is 5.91 Å². The van der Waals surface area contributed by atoms with E-state index in [4.69, 9.17) is 0 Å². The number of hydrogen-bond acceptors (Lipinski definition) is 4. The summed E-state index contributed by atoms with van der Waals surface area (Å²) in [4.78, 5) is 33.6. The van der Waals surface area contributed by atoms with E-state index in [9.17, 15) is 18.4 Å². The average Bonchev–Trinajstić information content (AvgIpc) is 3.59. The lowest BCUT2D eigenvalue weighted by Crippen LogP contribution is -2.35. The van der Waals surface area contributed by atoms with Gasteiger partial charge in [0.15, 0.2) is 5.82 Å². The van der Waals surface area contributed by atoms with Gasteiger partial charge in [0.05, 0.1) is 18.9 Å². The number of likely N-dealkylation sites (N-methyl/N-ethyl adjacent to an activating group) is 1. The highest BCUT2D eigenvalue weighted by molar-refractivity contribution is 5.99. The van der Waals surface area contributed by atoms with Crippen molar-refractivity contribution in [3.63, 3.8) is 0 Å². The molecular weight excluding hydrogens is 366 g/mol. The molecule has 1 aromatic carbocycles. The van der Waals surface area contributed by atoms with Gasteiger partial charge in [-0.25, -0.2) is 18.7 Å². The number of hydrogen-bond donors (Lipinski definition) is 1. The van der Waals surface area contributed by atoms with E-state index in [-0.39, 0.29) is 24.3 Å². The lowest BCUT2D eigenvalue weighted by atomic mass is 9.97. The second-order valence-electron chi connectivity index (χ2n) is 7.41. The van der Waals surface area contributed by atoms with Crippen LogP contribution in [0.15, 0.2) is 30.6 Å². The highest BCUT2D eigenvalue weighted by atomic mass is 19.1. The van der Waals surface area contributed by atoms with Crippen LogP contribution in [0.3, 0.4) is 0 Å². The lowest BCUT2D eigenvalue weighted by Gasteiger charge is -2.19. The Hall–Kier alpha value is -2.90. The molecule has 8 heteroatoms. The van der Waals surface area contributed by atoms with Crippen LogP contribution in [-0.2, 0) is 4.79 Å². The van der Waals surface area contributed by atoms with Gasteiger partial charge in [-0.05, 0) is 42.4 Å². The van der Waals surface area contributed by atoms with Crippen LogP contribution in [0.1, 0.15) is 52.6 Å². The summed E-state index contributed by atoms with van der Waals surface area (Å²) in [5.41, 5.74) is 2.32. The molecule has 1 N–H and O–H groups in total. The SMILES string of the molecule is CN(CC(=O)Nc1ncc(F)cn1)C(=O)c1ccc(C2CC2)cc1C1CC1F. The molecule has 146 valence electrons. The zero-order chi connectivity index (χ0) is 19.8. The number of halogens is 2. The number of carbonyl (C=O) groups excluding carboxylic acids is 2. The molecule has 0 radical (unpaired) electrons. The van der Waals surface area contributed by atoms with Gasteiger partial charge in [0.2, 0.25) is 11.9 Å². The van der Waals surface area contributed by atoms with E-state index in [1.807, 2.05) is 12.1 Å². The summed E-state index contributed by atoms with van der Waals surface area (Å²) in [6.45, 7) is -0.229. The minimum Gasteiger partial charge on any atom is -0.332 e. The third kappa shape index (κ3) is 4.00. The third-order valence-corrected chi connectivity index (χ3v) is 5.07. The zero-order valence-electron chi connectivity index (χ0n) is 15.4. The number of aromatic nitrogens is 2. The first kappa shape index (κ1) is 18.5. The second-order valence-corrected chi connectivity index (χ2v) is 7.41. The molecule has 4 rings (SSSR count). The largest absolute Gasteiger partial charge is 0.332 e. The van der Waals surface area contributed by atoms with Crippen LogP contribution in [0.4, 0.5) is 14.7 Å². The Morgan fingerprint density at radius 1 is 1.25 bits per heavy atom. The van der Waals surface area contributed by atoms with Crippen molar-refractivity contribution in [2.75, 3.05) is 18.9 Å². The van der Waals surface area contributed by atoms with Crippen molar-refractivity contribution in [2.24, 2.45) is 0 Å². The normalized spacial score (nSPS) is 20.5. The van der Waals surface area contributed by atoms with E-state index in [1.165, 1.54) is 11.9 Å². The van der Waals surface area contributed by atoms with E-state index in [2.05, 4.69) is 15.3 Å². The fraction of sp³-hybridized carbons (Fsp3) is 0.400. The number of amides is 2. The van der Waals surface area contributed by atoms with Crippen molar-refractivity contribution in [1.29, 1.82) is 0 Å². The standard InChI is InChI=1S/C20H20F2N4O2/c1-26(10-18(27)25-20-23-8-13(21)9-24-20)19(28)14-5-4-12(11-2-3-11)6-15(14)16-7-17(16)22/h4-6,8-9,11,16-17H,2-3,7,10H2,1H3,(H,23,24,25,27). The Morgan fingerprint density at radius 2 is 1.93 bits per heavy atom. The van der Waals surface area contributed by atoms with Crippen LogP contribution < -0.4 is 5.32 Å². The molecule has 2 aromatic rings. The van der Waals surface area contributed by atoms with Gasteiger partial charge in [-0.2, -0.15) is 0 Å². The van der Waals surface area contributed by atoms with Crippen LogP contribution in [0.25, 0.3) is 0 Å². The van der Waals surface area contributed by atoms with Crippen molar-refractivity contribution in [3.05, 3.63) is 53.1 Å². The number of alkyl halides is 1. The number of nitrogens with zero attached hydrogens (tertiary/aromatic N) is 3. The van der Waals surface area contributed by atoms with Crippen LogP contribution in [0.2, 0.25) is 0 Å². The van der Waals surface area contributed by atoms with E-state index in [0.29, 0.717) is 17.9 Å². The summed E-state index contributed by atoms with van der Waals surface area (Å²) in [6, 6.07) is 5.62. The minimum absolute atomic E-state index is 0.0417. The van der Waals surface area contributed by atoms with Crippen molar-refractivity contribution >= 4 is 17.8 Å². The molecule has 1 heterocycles. The fourth-order valence-corrected chi connectivity index (χ4v) is 3.27. The minimum atomic E-state index is -0.912.